The molecule has 29 heavy (non-hydrogen) atoms. The Labute approximate surface area is 173 Å². The van der Waals surface area contributed by atoms with Crippen LogP contribution in [0.4, 0.5) is 5.69 Å². The van der Waals surface area contributed by atoms with Crippen molar-refractivity contribution >= 4 is 17.6 Å². The number of hydrogen-bond donors (Lipinski definition) is 2. The number of guanidine groups is 1. The minimum Gasteiger partial charge on any atom is -0.492 e. The van der Waals surface area contributed by atoms with Crippen LogP contribution in [0.25, 0.3) is 0 Å². The van der Waals surface area contributed by atoms with Gasteiger partial charge < -0.3 is 20.3 Å². The first-order valence-corrected chi connectivity index (χ1v) is 10.2. The van der Waals surface area contributed by atoms with Crippen LogP contribution in [-0.4, -0.2) is 49.6 Å². The van der Waals surface area contributed by atoms with Crippen molar-refractivity contribution in [3.63, 3.8) is 0 Å². The maximum Gasteiger partial charge on any atom is 0.221 e. The van der Waals surface area contributed by atoms with E-state index in [2.05, 4.69) is 52.8 Å². The van der Waals surface area contributed by atoms with Gasteiger partial charge in [-0.1, -0.05) is 36.4 Å². The zero-order valence-electron chi connectivity index (χ0n) is 17.2. The maximum atomic E-state index is 11.2. The SMILES string of the molecule is CCNC(=NCCOc1cccc(NC(C)=O)c1)N1CCC(c2ccccc2)C1. The van der Waals surface area contributed by atoms with Gasteiger partial charge in [-0.05, 0) is 31.0 Å². The molecule has 6 heteroatoms. The Bertz CT molecular complexity index is 823. The van der Waals surface area contributed by atoms with E-state index in [0.717, 1.165) is 43.5 Å². The molecule has 2 aromatic carbocycles. The molecule has 154 valence electrons. The monoisotopic (exact) mass is 394 g/mol. The van der Waals surface area contributed by atoms with Gasteiger partial charge in [0.25, 0.3) is 0 Å². The smallest absolute Gasteiger partial charge is 0.221 e. The summed E-state index contributed by atoms with van der Waals surface area (Å²) in [6, 6.07) is 18.1. The van der Waals surface area contributed by atoms with E-state index in [1.165, 1.54) is 12.5 Å². The van der Waals surface area contributed by atoms with Crippen LogP contribution in [0, 0.1) is 0 Å². The van der Waals surface area contributed by atoms with Crippen LogP contribution in [0.5, 0.6) is 5.75 Å². The Morgan fingerprint density at radius 3 is 2.79 bits per heavy atom. The number of benzene rings is 2. The number of carbonyl (C=O) groups is 1. The molecule has 3 rings (SSSR count). The number of amides is 1. The van der Waals surface area contributed by atoms with Crippen LogP contribution in [0.1, 0.15) is 31.7 Å². The van der Waals surface area contributed by atoms with Crippen molar-refractivity contribution in [3.8, 4) is 5.75 Å². The van der Waals surface area contributed by atoms with Crippen LogP contribution in [0.15, 0.2) is 59.6 Å². The van der Waals surface area contributed by atoms with E-state index >= 15 is 0 Å². The lowest BCUT2D eigenvalue weighted by Crippen LogP contribution is -2.40. The van der Waals surface area contributed by atoms with Gasteiger partial charge in [-0.2, -0.15) is 0 Å². The summed E-state index contributed by atoms with van der Waals surface area (Å²) >= 11 is 0. The molecule has 2 N–H and O–H groups in total. The zero-order valence-corrected chi connectivity index (χ0v) is 17.2. The Morgan fingerprint density at radius 2 is 2.03 bits per heavy atom. The van der Waals surface area contributed by atoms with Gasteiger partial charge in [-0.25, -0.2) is 4.99 Å². The Balaban J connectivity index is 1.53. The lowest BCUT2D eigenvalue weighted by Gasteiger charge is -2.22. The molecule has 1 aliphatic rings. The highest BCUT2D eigenvalue weighted by Gasteiger charge is 2.25. The second kappa shape index (κ2) is 10.5. The van der Waals surface area contributed by atoms with Crippen molar-refractivity contribution in [2.45, 2.75) is 26.2 Å². The summed E-state index contributed by atoms with van der Waals surface area (Å²) in [5.41, 5.74) is 2.13. The number of nitrogens with one attached hydrogen (secondary N) is 2. The highest BCUT2D eigenvalue weighted by Crippen LogP contribution is 2.26. The van der Waals surface area contributed by atoms with Crippen LogP contribution in [-0.2, 0) is 4.79 Å². The molecule has 0 aromatic heterocycles. The van der Waals surface area contributed by atoms with E-state index in [-0.39, 0.29) is 5.91 Å². The van der Waals surface area contributed by atoms with E-state index in [0.29, 0.717) is 19.1 Å². The maximum absolute atomic E-state index is 11.2. The van der Waals surface area contributed by atoms with Crippen LogP contribution in [0.2, 0.25) is 0 Å². The summed E-state index contributed by atoms with van der Waals surface area (Å²) in [4.78, 5) is 18.3. The minimum absolute atomic E-state index is 0.0959. The average molecular weight is 395 g/mol. The number of likely N-dealkylation sites (tertiary alicyclic amines) is 1. The summed E-state index contributed by atoms with van der Waals surface area (Å²) in [6.07, 6.45) is 1.14. The molecular formula is C23H30N4O2. The first-order valence-electron chi connectivity index (χ1n) is 10.2. The summed E-state index contributed by atoms with van der Waals surface area (Å²) in [6.45, 7) is 7.45. The van der Waals surface area contributed by atoms with E-state index < -0.39 is 0 Å². The number of ether oxygens (including phenoxy) is 1. The summed E-state index contributed by atoms with van der Waals surface area (Å²) in [5.74, 6) is 2.12. The molecule has 1 aliphatic heterocycles. The van der Waals surface area contributed by atoms with E-state index in [1.54, 1.807) is 0 Å². The third-order valence-electron chi connectivity index (χ3n) is 4.87. The number of nitrogens with zero attached hydrogens (tertiary/aromatic N) is 2. The molecule has 6 nitrogen and oxygen atoms in total. The normalized spacial score (nSPS) is 16.6. The molecule has 1 amide bonds. The van der Waals surface area contributed by atoms with Gasteiger partial charge in [0.2, 0.25) is 5.91 Å². The largest absolute Gasteiger partial charge is 0.492 e. The van der Waals surface area contributed by atoms with Gasteiger partial charge in [0.05, 0.1) is 6.54 Å². The lowest BCUT2D eigenvalue weighted by atomic mass is 9.99. The predicted molar refractivity (Wildman–Crippen MR) is 118 cm³/mol. The van der Waals surface area contributed by atoms with Gasteiger partial charge in [0, 0.05) is 44.2 Å². The highest BCUT2D eigenvalue weighted by atomic mass is 16.5. The third-order valence-corrected chi connectivity index (χ3v) is 4.87. The average Bonchev–Trinajstić information content (AvgIpc) is 3.21. The van der Waals surface area contributed by atoms with E-state index in [9.17, 15) is 4.79 Å². The molecular weight excluding hydrogens is 364 g/mol. The summed E-state index contributed by atoms with van der Waals surface area (Å²) in [7, 11) is 0. The van der Waals surface area contributed by atoms with Crippen LogP contribution in [0.3, 0.4) is 0 Å². The molecule has 1 saturated heterocycles. The standard InChI is InChI=1S/C23H30N4O2/c1-3-24-23(27-14-12-20(17-27)19-8-5-4-6-9-19)25-13-15-29-22-11-7-10-21(16-22)26-18(2)28/h4-11,16,20H,3,12-15,17H2,1-2H3,(H,24,25)(H,26,28). The Morgan fingerprint density at radius 1 is 1.21 bits per heavy atom. The topological polar surface area (TPSA) is 66.0 Å². The number of anilines is 1. The molecule has 1 heterocycles. The molecule has 0 bridgehead atoms. The quantitative estimate of drug-likeness (QED) is 0.429. The van der Waals surface area contributed by atoms with Crippen molar-refractivity contribution in [3.05, 3.63) is 60.2 Å². The lowest BCUT2D eigenvalue weighted by molar-refractivity contribution is -0.114. The second-order valence-corrected chi connectivity index (χ2v) is 7.14. The van der Waals surface area contributed by atoms with E-state index in [4.69, 9.17) is 9.73 Å². The van der Waals surface area contributed by atoms with Crippen molar-refractivity contribution < 1.29 is 9.53 Å². The first-order chi connectivity index (χ1) is 14.2. The first kappa shape index (κ1) is 20.7. The van der Waals surface area contributed by atoms with E-state index in [1.807, 2.05) is 24.3 Å². The number of aliphatic imine (C=N–C) groups is 1. The summed E-state index contributed by atoms with van der Waals surface area (Å²) in [5, 5.41) is 6.16. The summed E-state index contributed by atoms with van der Waals surface area (Å²) < 4.78 is 5.81. The Hall–Kier alpha value is -3.02. The molecule has 0 saturated carbocycles. The number of carbonyl (C=O) groups excluding carboxylic acids is 1. The third kappa shape index (κ3) is 6.24. The van der Waals surface area contributed by atoms with Crippen molar-refractivity contribution in [2.24, 2.45) is 4.99 Å². The molecule has 1 unspecified atom stereocenters. The molecule has 0 radical (unpaired) electrons. The highest BCUT2D eigenvalue weighted by molar-refractivity contribution is 5.88. The number of hydrogen-bond acceptors (Lipinski definition) is 3. The van der Waals surface area contributed by atoms with Gasteiger partial charge >= 0.3 is 0 Å². The van der Waals surface area contributed by atoms with Gasteiger partial charge in [-0.3, -0.25) is 4.79 Å². The molecule has 1 atom stereocenters. The second-order valence-electron chi connectivity index (χ2n) is 7.14. The zero-order chi connectivity index (χ0) is 20.5. The van der Waals surface area contributed by atoms with Crippen LogP contribution < -0.4 is 15.4 Å². The van der Waals surface area contributed by atoms with Gasteiger partial charge in [-0.15, -0.1) is 0 Å². The molecule has 2 aromatic rings. The minimum atomic E-state index is -0.0959. The Kier molecular flexibility index (Phi) is 7.50. The van der Waals surface area contributed by atoms with Crippen LogP contribution >= 0.6 is 0 Å². The van der Waals surface area contributed by atoms with Crippen molar-refractivity contribution in [2.75, 3.05) is 38.1 Å². The molecule has 0 spiro atoms. The molecule has 1 fully saturated rings. The molecule has 0 aliphatic carbocycles. The predicted octanol–water partition coefficient (Wildman–Crippen LogP) is 3.48. The van der Waals surface area contributed by atoms with Gasteiger partial charge in [0.15, 0.2) is 5.96 Å². The fourth-order valence-corrected chi connectivity index (χ4v) is 3.56. The fourth-order valence-electron chi connectivity index (χ4n) is 3.56. The van der Waals surface area contributed by atoms with Crippen molar-refractivity contribution in [1.29, 1.82) is 0 Å². The number of rotatable bonds is 7. The van der Waals surface area contributed by atoms with Gasteiger partial charge in [0.1, 0.15) is 12.4 Å². The van der Waals surface area contributed by atoms with Crippen molar-refractivity contribution in [1.82, 2.24) is 10.2 Å². The fraction of sp³-hybridized carbons (Fsp3) is 0.391.